The number of likely N-dealkylation sites (N-methyl/N-ethyl adjacent to an activating group) is 1. The first-order chi connectivity index (χ1) is 15.2. The first-order valence-corrected chi connectivity index (χ1v) is 12.0. The van der Waals surface area contributed by atoms with Gasteiger partial charge in [0.25, 0.3) is 0 Å². The highest BCUT2D eigenvalue weighted by Gasteiger charge is 2.24. The van der Waals surface area contributed by atoms with Crippen molar-refractivity contribution in [1.29, 1.82) is 0 Å². The molecule has 1 aromatic carbocycles. The van der Waals surface area contributed by atoms with Gasteiger partial charge < -0.3 is 10.2 Å². The van der Waals surface area contributed by atoms with E-state index in [0.717, 1.165) is 12.1 Å². The Morgan fingerprint density at radius 2 is 1.79 bits per heavy atom. The number of anilines is 1. The van der Waals surface area contributed by atoms with Crippen molar-refractivity contribution in [2.75, 3.05) is 18.4 Å². The molecule has 0 aliphatic carbocycles. The van der Waals surface area contributed by atoms with Crippen molar-refractivity contribution in [2.45, 2.75) is 73.6 Å². The van der Waals surface area contributed by atoms with E-state index < -0.39 is 0 Å². The highest BCUT2D eigenvalue weighted by Crippen LogP contribution is 2.29. The molecule has 182 valence electrons. The first kappa shape index (κ1) is 26.9. The second-order valence-electron chi connectivity index (χ2n) is 11.1. The Morgan fingerprint density at radius 1 is 1.15 bits per heavy atom. The fourth-order valence-electron chi connectivity index (χ4n) is 3.92. The van der Waals surface area contributed by atoms with Crippen LogP contribution in [0.2, 0.25) is 5.02 Å². The molecule has 6 nitrogen and oxygen atoms in total. The van der Waals surface area contributed by atoms with Crippen LogP contribution in [-0.4, -0.2) is 39.6 Å². The predicted molar refractivity (Wildman–Crippen MR) is 136 cm³/mol. The summed E-state index contributed by atoms with van der Waals surface area (Å²) in [5, 5.41) is 8.20. The highest BCUT2D eigenvalue weighted by atomic mass is 35.5. The van der Waals surface area contributed by atoms with E-state index in [4.69, 9.17) is 16.7 Å². The van der Waals surface area contributed by atoms with E-state index >= 15 is 0 Å². The molecule has 1 atom stereocenters. The van der Waals surface area contributed by atoms with Crippen molar-refractivity contribution in [2.24, 2.45) is 11.3 Å². The van der Waals surface area contributed by atoms with Crippen molar-refractivity contribution >= 4 is 29.2 Å². The molecule has 0 aliphatic heterocycles. The Morgan fingerprint density at radius 3 is 2.33 bits per heavy atom. The summed E-state index contributed by atoms with van der Waals surface area (Å²) >= 11 is 6.41. The number of para-hydroxylation sites is 1. The largest absolute Gasteiger partial charge is 0.334 e. The van der Waals surface area contributed by atoms with Gasteiger partial charge in [0.15, 0.2) is 0 Å². The van der Waals surface area contributed by atoms with E-state index in [1.165, 1.54) is 0 Å². The van der Waals surface area contributed by atoms with Gasteiger partial charge in [-0.1, -0.05) is 72.2 Å². The Kier molecular flexibility index (Phi) is 8.75. The van der Waals surface area contributed by atoms with Crippen LogP contribution >= 0.6 is 11.6 Å². The van der Waals surface area contributed by atoms with Crippen LogP contribution in [0.4, 0.5) is 5.82 Å². The standard InChI is InChI=1S/C26H39ClN4O2/c1-9-30(24(33)14-18(2)16-25(3,4)5)17-23(32)28-22-15-21(26(6,7)8)29-31(22)20-13-11-10-12-19(20)27/h10-13,15,18H,9,14,16-17H2,1-8H3,(H,28,32). The van der Waals surface area contributed by atoms with Crippen LogP contribution in [0, 0.1) is 11.3 Å². The molecule has 0 saturated heterocycles. The SMILES string of the molecule is CCN(CC(=O)Nc1cc(C(C)(C)C)nn1-c1ccccc1Cl)C(=O)CC(C)CC(C)(C)C. The van der Waals surface area contributed by atoms with Crippen molar-refractivity contribution < 1.29 is 9.59 Å². The van der Waals surface area contributed by atoms with Crippen LogP contribution in [-0.2, 0) is 15.0 Å². The van der Waals surface area contributed by atoms with Gasteiger partial charge in [-0.15, -0.1) is 0 Å². The summed E-state index contributed by atoms with van der Waals surface area (Å²) in [6, 6.07) is 9.24. The Hall–Kier alpha value is -2.34. The van der Waals surface area contributed by atoms with Gasteiger partial charge in [0, 0.05) is 24.4 Å². The lowest BCUT2D eigenvalue weighted by molar-refractivity contribution is -0.135. The van der Waals surface area contributed by atoms with Crippen molar-refractivity contribution in [3.8, 4) is 5.69 Å². The molecular formula is C26H39ClN4O2. The lowest BCUT2D eigenvalue weighted by atomic mass is 9.84. The van der Waals surface area contributed by atoms with E-state index in [-0.39, 0.29) is 35.1 Å². The summed E-state index contributed by atoms with van der Waals surface area (Å²) in [5.41, 5.74) is 1.47. The number of hydrogen-bond acceptors (Lipinski definition) is 3. The molecular weight excluding hydrogens is 436 g/mol. The van der Waals surface area contributed by atoms with Gasteiger partial charge in [0.2, 0.25) is 11.8 Å². The van der Waals surface area contributed by atoms with Gasteiger partial charge in [-0.25, -0.2) is 4.68 Å². The first-order valence-electron chi connectivity index (χ1n) is 11.6. The summed E-state index contributed by atoms with van der Waals surface area (Å²) in [7, 11) is 0. The zero-order chi connectivity index (χ0) is 25.0. The minimum Gasteiger partial charge on any atom is -0.334 e. The second-order valence-corrected chi connectivity index (χ2v) is 11.5. The number of amides is 2. The van der Waals surface area contributed by atoms with Gasteiger partial charge in [0.1, 0.15) is 5.82 Å². The van der Waals surface area contributed by atoms with Crippen LogP contribution in [0.1, 0.15) is 73.9 Å². The number of nitrogens with one attached hydrogen (secondary N) is 1. The van der Waals surface area contributed by atoms with Crippen LogP contribution in [0.5, 0.6) is 0 Å². The van der Waals surface area contributed by atoms with Crippen molar-refractivity contribution in [3.05, 3.63) is 41.0 Å². The topological polar surface area (TPSA) is 67.2 Å². The molecule has 2 amide bonds. The minimum atomic E-state index is -0.262. The van der Waals surface area contributed by atoms with Gasteiger partial charge in [0.05, 0.1) is 22.9 Å². The molecule has 0 spiro atoms. The van der Waals surface area contributed by atoms with Crippen LogP contribution < -0.4 is 5.32 Å². The Balaban J connectivity index is 2.19. The molecule has 2 rings (SSSR count). The van der Waals surface area contributed by atoms with E-state index in [9.17, 15) is 9.59 Å². The number of carbonyl (C=O) groups excluding carboxylic acids is 2. The average Bonchev–Trinajstić information content (AvgIpc) is 3.08. The molecule has 0 bridgehead atoms. The molecule has 0 fully saturated rings. The maximum Gasteiger partial charge on any atom is 0.245 e. The number of halogens is 1. The minimum absolute atomic E-state index is 0.000563. The quantitative estimate of drug-likeness (QED) is 0.504. The number of nitrogens with zero attached hydrogens (tertiary/aromatic N) is 3. The Bertz CT molecular complexity index is 969. The zero-order valence-electron chi connectivity index (χ0n) is 21.3. The molecule has 0 saturated carbocycles. The monoisotopic (exact) mass is 474 g/mol. The Labute approximate surface area is 203 Å². The lowest BCUT2D eigenvalue weighted by Gasteiger charge is -2.26. The molecule has 0 aliphatic rings. The number of hydrogen-bond donors (Lipinski definition) is 1. The second kappa shape index (κ2) is 10.7. The molecule has 1 unspecified atom stereocenters. The predicted octanol–water partition coefficient (Wildman–Crippen LogP) is 6.07. The van der Waals surface area contributed by atoms with Gasteiger partial charge >= 0.3 is 0 Å². The smallest absolute Gasteiger partial charge is 0.245 e. The van der Waals surface area contributed by atoms with E-state index in [1.54, 1.807) is 15.6 Å². The van der Waals surface area contributed by atoms with Gasteiger partial charge in [-0.3, -0.25) is 9.59 Å². The fourth-order valence-corrected chi connectivity index (χ4v) is 4.14. The van der Waals surface area contributed by atoms with Gasteiger partial charge in [-0.2, -0.15) is 5.10 Å². The fraction of sp³-hybridized carbons (Fsp3) is 0.577. The number of carbonyl (C=O) groups is 2. The third-order valence-electron chi connectivity index (χ3n) is 5.38. The molecule has 33 heavy (non-hydrogen) atoms. The highest BCUT2D eigenvalue weighted by molar-refractivity contribution is 6.32. The summed E-state index contributed by atoms with van der Waals surface area (Å²) < 4.78 is 1.66. The maximum absolute atomic E-state index is 12.9. The summed E-state index contributed by atoms with van der Waals surface area (Å²) in [6.07, 6.45) is 1.39. The number of aromatic nitrogens is 2. The van der Waals surface area contributed by atoms with E-state index in [2.05, 4.69) is 53.8 Å². The zero-order valence-corrected chi connectivity index (χ0v) is 22.1. The maximum atomic E-state index is 12.9. The number of benzene rings is 1. The number of rotatable bonds is 8. The summed E-state index contributed by atoms with van der Waals surface area (Å²) in [4.78, 5) is 27.4. The van der Waals surface area contributed by atoms with Gasteiger partial charge in [-0.05, 0) is 36.8 Å². The summed E-state index contributed by atoms with van der Waals surface area (Å²) in [5.74, 6) is 0.523. The van der Waals surface area contributed by atoms with Crippen molar-refractivity contribution in [3.63, 3.8) is 0 Å². The van der Waals surface area contributed by atoms with Crippen LogP contribution in [0.15, 0.2) is 30.3 Å². The molecule has 1 N–H and O–H groups in total. The third-order valence-corrected chi connectivity index (χ3v) is 5.70. The van der Waals surface area contributed by atoms with Crippen LogP contribution in [0.3, 0.4) is 0 Å². The molecule has 2 aromatic rings. The molecule has 0 radical (unpaired) electrons. The average molecular weight is 475 g/mol. The third kappa shape index (κ3) is 7.88. The molecule has 7 heteroatoms. The van der Waals surface area contributed by atoms with Crippen LogP contribution in [0.25, 0.3) is 5.69 Å². The van der Waals surface area contributed by atoms with Crippen molar-refractivity contribution in [1.82, 2.24) is 14.7 Å². The normalized spacial score (nSPS) is 13.0. The molecule has 1 heterocycles. The molecule has 1 aromatic heterocycles. The van der Waals surface area contributed by atoms with E-state index in [0.29, 0.717) is 29.5 Å². The lowest BCUT2D eigenvalue weighted by Crippen LogP contribution is -2.38. The summed E-state index contributed by atoms with van der Waals surface area (Å²) in [6.45, 7) is 17.2. The van der Waals surface area contributed by atoms with E-state index in [1.807, 2.05) is 31.2 Å².